The minimum Gasteiger partial charge on any atom is -0.493 e. The average molecular weight is 267 g/mol. The Kier molecular flexibility index (Phi) is 5.44. The second-order valence-electron chi connectivity index (χ2n) is 4.44. The van der Waals surface area contributed by atoms with Gasteiger partial charge in [-0.1, -0.05) is 6.07 Å². The van der Waals surface area contributed by atoms with Crippen LogP contribution < -0.4 is 15.0 Å². The lowest BCUT2D eigenvalue weighted by molar-refractivity contribution is 0.0245. The maximum atomic E-state index is 5.98. The van der Waals surface area contributed by atoms with E-state index in [0.717, 1.165) is 43.1 Å². The maximum Gasteiger partial charge on any atom is 0.161 e. The Morgan fingerprint density at radius 3 is 2.68 bits per heavy atom. The molecule has 1 N–H and O–H groups in total. The summed E-state index contributed by atoms with van der Waals surface area (Å²) in [7, 11) is 3.25. The van der Waals surface area contributed by atoms with Crippen LogP contribution in [0.2, 0.25) is 0 Å². The second kappa shape index (κ2) is 7.33. The zero-order valence-corrected chi connectivity index (χ0v) is 11.5. The summed E-state index contributed by atoms with van der Waals surface area (Å²) in [5.41, 5.74) is 3.89. The molecule has 1 heterocycles. The van der Waals surface area contributed by atoms with Gasteiger partial charge in [0, 0.05) is 19.4 Å². The largest absolute Gasteiger partial charge is 0.493 e. The van der Waals surface area contributed by atoms with Gasteiger partial charge in [0.05, 0.1) is 27.4 Å². The Hall–Kier alpha value is -1.30. The molecule has 0 aromatic heterocycles. The first-order valence-electron chi connectivity index (χ1n) is 6.50. The predicted octanol–water partition coefficient (Wildman–Crippen LogP) is 1.90. The van der Waals surface area contributed by atoms with Gasteiger partial charge < -0.3 is 19.0 Å². The van der Waals surface area contributed by atoms with Crippen LogP contribution in [0.25, 0.3) is 0 Å². The third kappa shape index (κ3) is 4.09. The molecule has 1 saturated heterocycles. The Morgan fingerprint density at radius 2 is 2.00 bits per heavy atom. The van der Waals surface area contributed by atoms with Crippen LogP contribution in [-0.2, 0) is 16.1 Å². The Labute approximate surface area is 113 Å². The molecule has 0 amide bonds. The Morgan fingerprint density at radius 1 is 1.21 bits per heavy atom. The molecule has 1 fully saturated rings. The van der Waals surface area contributed by atoms with Crippen molar-refractivity contribution in [1.29, 1.82) is 0 Å². The fourth-order valence-electron chi connectivity index (χ4n) is 2.05. The highest BCUT2D eigenvalue weighted by molar-refractivity contribution is 5.43. The van der Waals surface area contributed by atoms with Crippen LogP contribution in [0.3, 0.4) is 0 Å². The van der Waals surface area contributed by atoms with E-state index in [0.29, 0.717) is 6.54 Å². The molecular formula is C14H21NO4. The van der Waals surface area contributed by atoms with E-state index in [1.807, 2.05) is 18.2 Å². The first-order valence-corrected chi connectivity index (χ1v) is 6.50. The molecule has 0 spiro atoms. The van der Waals surface area contributed by atoms with Gasteiger partial charge in [-0.15, -0.1) is 0 Å². The van der Waals surface area contributed by atoms with Crippen molar-refractivity contribution in [3.63, 3.8) is 0 Å². The molecule has 1 aliphatic rings. The van der Waals surface area contributed by atoms with Gasteiger partial charge in [-0.2, -0.15) is 5.48 Å². The van der Waals surface area contributed by atoms with Crippen molar-refractivity contribution in [2.75, 3.05) is 27.4 Å². The van der Waals surface area contributed by atoms with Crippen LogP contribution in [0.1, 0.15) is 18.4 Å². The highest BCUT2D eigenvalue weighted by Gasteiger charge is 2.17. The first kappa shape index (κ1) is 14.1. The van der Waals surface area contributed by atoms with Crippen molar-refractivity contribution >= 4 is 0 Å². The third-order valence-corrected chi connectivity index (χ3v) is 3.11. The molecule has 2 rings (SSSR count). The van der Waals surface area contributed by atoms with Crippen LogP contribution in [0.15, 0.2) is 18.2 Å². The lowest BCUT2D eigenvalue weighted by atomic mass is 10.1. The highest BCUT2D eigenvalue weighted by Crippen LogP contribution is 2.30. The third-order valence-electron chi connectivity index (χ3n) is 3.11. The molecule has 0 radical (unpaired) electrons. The summed E-state index contributed by atoms with van der Waals surface area (Å²) in [4.78, 5) is 4.84. The van der Waals surface area contributed by atoms with Crippen molar-refractivity contribution < 1.29 is 19.0 Å². The van der Waals surface area contributed by atoms with Crippen LogP contribution in [0.4, 0.5) is 0 Å². The molecule has 0 unspecified atom stereocenters. The summed E-state index contributed by atoms with van der Waals surface area (Å²) >= 11 is 0. The fraction of sp³-hybridized carbons (Fsp3) is 0.571. The molecule has 0 aliphatic carbocycles. The van der Waals surface area contributed by atoms with Gasteiger partial charge in [0.2, 0.25) is 0 Å². The molecule has 19 heavy (non-hydrogen) atoms. The summed E-state index contributed by atoms with van der Waals surface area (Å²) in [5.74, 6) is 1.54. The average Bonchev–Trinajstić information content (AvgIpc) is 2.47. The van der Waals surface area contributed by atoms with Crippen molar-refractivity contribution in [3.05, 3.63) is 23.8 Å². The van der Waals surface area contributed by atoms with Gasteiger partial charge in [-0.05, 0) is 17.7 Å². The maximum absolute atomic E-state index is 5.98. The molecule has 5 heteroatoms. The molecule has 106 valence electrons. The Bertz CT molecular complexity index is 391. The summed E-state index contributed by atoms with van der Waals surface area (Å²) < 4.78 is 16.7. The van der Waals surface area contributed by atoms with E-state index in [-0.39, 0.29) is 6.10 Å². The number of rotatable bonds is 6. The molecular weight excluding hydrogens is 246 g/mol. The Balaban J connectivity index is 2.02. The van der Waals surface area contributed by atoms with Gasteiger partial charge in [0.25, 0.3) is 0 Å². The van der Waals surface area contributed by atoms with E-state index >= 15 is 0 Å². The van der Waals surface area contributed by atoms with Crippen LogP contribution in [-0.4, -0.2) is 33.5 Å². The number of nitrogens with one attached hydrogen (secondary N) is 1. The number of ether oxygens (including phenoxy) is 3. The summed E-state index contributed by atoms with van der Waals surface area (Å²) in [6.45, 7) is 2.16. The van der Waals surface area contributed by atoms with Crippen molar-refractivity contribution in [3.8, 4) is 11.5 Å². The van der Waals surface area contributed by atoms with Gasteiger partial charge in [-0.3, -0.25) is 0 Å². The topological polar surface area (TPSA) is 49.0 Å². The van der Waals surface area contributed by atoms with Gasteiger partial charge in [0.1, 0.15) is 6.10 Å². The molecule has 1 aromatic rings. The second-order valence-corrected chi connectivity index (χ2v) is 4.44. The highest BCUT2D eigenvalue weighted by atomic mass is 16.6. The SMILES string of the molecule is CONCc1ccc(OC2CCOCC2)c(OC)c1. The minimum absolute atomic E-state index is 0.214. The molecule has 1 aliphatic heterocycles. The van der Waals surface area contributed by atoms with E-state index in [1.54, 1.807) is 14.2 Å². The molecule has 0 atom stereocenters. The minimum atomic E-state index is 0.214. The number of benzene rings is 1. The van der Waals surface area contributed by atoms with E-state index in [9.17, 15) is 0 Å². The zero-order chi connectivity index (χ0) is 13.5. The van der Waals surface area contributed by atoms with Crippen molar-refractivity contribution in [2.24, 2.45) is 0 Å². The van der Waals surface area contributed by atoms with E-state index in [4.69, 9.17) is 19.0 Å². The first-order chi connectivity index (χ1) is 9.33. The van der Waals surface area contributed by atoms with E-state index < -0.39 is 0 Å². The number of hydrogen-bond acceptors (Lipinski definition) is 5. The van der Waals surface area contributed by atoms with E-state index in [2.05, 4.69) is 5.48 Å². The summed E-state index contributed by atoms with van der Waals surface area (Å²) in [6, 6.07) is 5.91. The van der Waals surface area contributed by atoms with Crippen molar-refractivity contribution in [1.82, 2.24) is 5.48 Å². The zero-order valence-electron chi connectivity index (χ0n) is 11.5. The fourth-order valence-corrected chi connectivity index (χ4v) is 2.05. The van der Waals surface area contributed by atoms with Crippen LogP contribution in [0, 0.1) is 0 Å². The van der Waals surface area contributed by atoms with Crippen LogP contribution >= 0.6 is 0 Å². The summed E-state index contributed by atoms with van der Waals surface area (Å²) in [6.07, 6.45) is 2.07. The van der Waals surface area contributed by atoms with Gasteiger partial charge in [-0.25, -0.2) is 0 Å². The lowest BCUT2D eigenvalue weighted by Gasteiger charge is -2.24. The quantitative estimate of drug-likeness (QED) is 0.798. The normalized spacial score (nSPS) is 16.3. The standard InChI is InChI=1S/C14H21NO4/c1-16-14-9-11(10-15-17-2)3-4-13(14)19-12-5-7-18-8-6-12/h3-4,9,12,15H,5-8,10H2,1-2H3. The molecule has 5 nitrogen and oxygen atoms in total. The lowest BCUT2D eigenvalue weighted by Crippen LogP contribution is -2.26. The molecule has 1 aromatic carbocycles. The van der Waals surface area contributed by atoms with Crippen LogP contribution in [0.5, 0.6) is 11.5 Å². The number of hydroxylamine groups is 1. The monoisotopic (exact) mass is 267 g/mol. The smallest absolute Gasteiger partial charge is 0.161 e. The van der Waals surface area contributed by atoms with Gasteiger partial charge >= 0.3 is 0 Å². The number of methoxy groups -OCH3 is 1. The van der Waals surface area contributed by atoms with Gasteiger partial charge in [0.15, 0.2) is 11.5 Å². The molecule has 0 bridgehead atoms. The molecule has 0 saturated carbocycles. The van der Waals surface area contributed by atoms with E-state index in [1.165, 1.54) is 0 Å². The predicted molar refractivity (Wildman–Crippen MR) is 71.3 cm³/mol. The number of hydrogen-bond donors (Lipinski definition) is 1. The summed E-state index contributed by atoms with van der Waals surface area (Å²) in [5, 5.41) is 0. The van der Waals surface area contributed by atoms with Crippen molar-refractivity contribution in [2.45, 2.75) is 25.5 Å².